The maximum Gasteiger partial charge on any atom is 0.0900 e. The number of aliphatic hydroxyl groups excluding tert-OH is 2. The number of benzene rings is 1. The summed E-state index contributed by atoms with van der Waals surface area (Å²) >= 11 is 0. The summed E-state index contributed by atoms with van der Waals surface area (Å²) in [6, 6.07) is 10.0. The number of hydrogen-bond acceptors (Lipinski definition) is 6. The second kappa shape index (κ2) is 12.4. The van der Waals surface area contributed by atoms with Gasteiger partial charge in [0.2, 0.25) is 0 Å². The van der Waals surface area contributed by atoms with E-state index in [9.17, 15) is 15.3 Å². The summed E-state index contributed by atoms with van der Waals surface area (Å²) < 4.78 is 11.2. The summed E-state index contributed by atoms with van der Waals surface area (Å²) in [5.41, 5.74) is 3.19. The number of nitrogens with zero attached hydrogens (tertiary/aromatic N) is 1. The Morgan fingerprint density at radius 1 is 1.02 bits per heavy atom. The minimum absolute atomic E-state index is 0.140. The Bertz CT molecular complexity index is 1060. The van der Waals surface area contributed by atoms with Gasteiger partial charge in [0, 0.05) is 38.8 Å². The van der Waals surface area contributed by atoms with E-state index < -0.39 is 11.7 Å². The molecule has 3 N–H and O–H groups in total. The predicted molar refractivity (Wildman–Crippen MR) is 158 cm³/mol. The lowest BCUT2D eigenvalue weighted by Gasteiger charge is -2.56. The Hall–Kier alpha value is -1.54. The van der Waals surface area contributed by atoms with E-state index in [2.05, 4.69) is 30.9 Å². The Morgan fingerprint density at radius 2 is 1.80 bits per heavy atom. The first-order chi connectivity index (χ1) is 19.2. The number of ether oxygens (including phenoxy) is 2. The highest BCUT2D eigenvalue weighted by Crippen LogP contribution is 2.66. The van der Waals surface area contributed by atoms with Gasteiger partial charge in [-0.25, -0.2) is 0 Å². The molecule has 222 valence electrons. The van der Waals surface area contributed by atoms with Gasteiger partial charge in [-0.15, -0.1) is 0 Å². The normalized spacial score (nSPS) is 35.9. The molecule has 5 rings (SSSR count). The van der Waals surface area contributed by atoms with Crippen molar-refractivity contribution in [1.29, 1.82) is 0 Å². The van der Waals surface area contributed by atoms with Crippen molar-refractivity contribution in [2.75, 3.05) is 40.0 Å². The van der Waals surface area contributed by atoms with Gasteiger partial charge < -0.3 is 24.8 Å². The highest BCUT2D eigenvalue weighted by atomic mass is 16.5. The van der Waals surface area contributed by atoms with Gasteiger partial charge in [-0.1, -0.05) is 67.5 Å². The first-order valence-electron chi connectivity index (χ1n) is 15.5. The number of hydrogen-bond donors (Lipinski definition) is 3. The molecule has 3 saturated carbocycles. The molecule has 0 radical (unpaired) electrons. The minimum atomic E-state index is -0.811. The first kappa shape index (κ1) is 29.9. The maximum atomic E-state index is 12.4. The predicted octanol–water partition coefficient (Wildman–Crippen LogP) is 4.88. The average Bonchev–Trinajstić information content (AvgIpc) is 3.20. The molecule has 1 aromatic carbocycles. The van der Waals surface area contributed by atoms with Crippen LogP contribution >= 0.6 is 0 Å². The van der Waals surface area contributed by atoms with Crippen LogP contribution in [0.3, 0.4) is 0 Å². The summed E-state index contributed by atoms with van der Waals surface area (Å²) in [7, 11) is 1.72. The van der Waals surface area contributed by atoms with Crippen LogP contribution in [0.4, 0.5) is 0 Å². The molecular formula is C34H51NO5. The summed E-state index contributed by atoms with van der Waals surface area (Å²) in [4.78, 5) is 2.24. The van der Waals surface area contributed by atoms with E-state index in [0.717, 1.165) is 63.5 Å². The molecule has 6 heteroatoms. The van der Waals surface area contributed by atoms with Gasteiger partial charge >= 0.3 is 0 Å². The molecule has 0 aromatic heterocycles. The lowest BCUT2D eigenvalue weighted by atomic mass is 9.50. The van der Waals surface area contributed by atoms with Crippen LogP contribution in [0.2, 0.25) is 0 Å². The highest BCUT2D eigenvalue weighted by Gasteiger charge is 2.62. The molecular weight excluding hydrogens is 502 g/mol. The van der Waals surface area contributed by atoms with E-state index in [1.165, 1.54) is 11.1 Å². The quantitative estimate of drug-likeness (QED) is 0.320. The lowest BCUT2D eigenvalue weighted by Crippen LogP contribution is -2.56. The topological polar surface area (TPSA) is 82.4 Å². The zero-order chi connectivity index (χ0) is 28.4. The molecule has 4 aliphatic carbocycles. The molecule has 7 atom stereocenters. The van der Waals surface area contributed by atoms with E-state index in [1.807, 2.05) is 30.3 Å². The average molecular weight is 554 g/mol. The maximum absolute atomic E-state index is 12.4. The Balaban J connectivity index is 1.27. The smallest absolute Gasteiger partial charge is 0.0900 e. The summed E-state index contributed by atoms with van der Waals surface area (Å²) in [5, 5.41) is 33.6. The van der Waals surface area contributed by atoms with Crippen molar-refractivity contribution in [3.05, 3.63) is 59.2 Å². The van der Waals surface area contributed by atoms with Crippen molar-refractivity contribution in [1.82, 2.24) is 4.90 Å². The van der Waals surface area contributed by atoms with Gasteiger partial charge in [0.15, 0.2) is 0 Å². The number of allylic oxidation sites excluding steroid dienone is 3. The van der Waals surface area contributed by atoms with E-state index in [1.54, 1.807) is 7.11 Å². The summed E-state index contributed by atoms with van der Waals surface area (Å²) in [6.07, 6.45) is 11.3. The SMILES string of the molecule is COCCCN(CC(O)COCc1ccccc1)CC1(O)CCC2C3=CC=C4CC(O)CCC4(C)C3CCC21C. The largest absolute Gasteiger partial charge is 0.393 e. The monoisotopic (exact) mass is 553 g/mol. The van der Waals surface area contributed by atoms with E-state index >= 15 is 0 Å². The standard InChI is InChI=1S/C34H51NO5/c1-32-15-12-27(36)20-26(32)10-11-29-30(32)13-16-33(2)31(29)14-17-34(33,38)24-35(18-7-19-39-3)21-28(37)23-40-22-25-8-5-4-6-9-25/h4-6,8-11,27-28,30-31,36-38H,7,12-24H2,1-3H3. The Kier molecular flexibility index (Phi) is 9.25. The molecule has 4 aliphatic rings. The van der Waals surface area contributed by atoms with Crippen molar-refractivity contribution >= 4 is 0 Å². The molecule has 0 saturated heterocycles. The van der Waals surface area contributed by atoms with Gasteiger partial charge in [-0.2, -0.15) is 0 Å². The number of methoxy groups -OCH3 is 1. The van der Waals surface area contributed by atoms with Gasteiger partial charge in [-0.05, 0) is 74.2 Å². The molecule has 0 aliphatic heterocycles. The first-order valence-corrected chi connectivity index (χ1v) is 15.5. The van der Waals surface area contributed by atoms with Crippen LogP contribution in [0.15, 0.2) is 53.6 Å². The third-order valence-corrected chi connectivity index (χ3v) is 11.1. The van der Waals surface area contributed by atoms with Gasteiger partial charge in [0.25, 0.3) is 0 Å². The highest BCUT2D eigenvalue weighted by molar-refractivity contribution is 5.39. The number of aliphatic hydroxyl groups is 3. The summed E-state index contributed by atoms with van der Waals surface area (Å²) in [5.74, 6) is 0.888. The van der Waals surface area contributed by atoms with Gasteiger partial charge in [0.05, 0.1) is 31.0 Å². The fourth-order valence-electron chi connectivity index (χ4n) is 8.63. The van der Waals surface area contributed by atoms with Crippen molar-refractivity contribution in [2.24, 2.45) is 22.7 Å². The van der Waals surface area contributed by atoms with E-state index in [0.29, 0.717) is 38.1 Å². The van der Waals surface area contributed by atoms with Crippen LogP contribution in [-0.4, -0.2) is 78.0 Å². The molecule has 40 heavy (non-hydrogen) atoms. The second-order valence-electron chi connectivity index (χ2n) is 13.5. The molecule has 3 fully saturated rings. The molecule has 1 aromatic rings. The second-order valence-corrected chi connectivity index (χ2v) is 13.5. The molecule has 7 unspecified atom stereocenters. The van der Waals surface area contributed by atoms with Crippen molar-refractivity contribution < 1.29 is 24.8 Å². The van der Waals surface area contributed by atoms with Gasteiger partial charge in [0.1, 0.15) is 0 Å². The van der Waals surface area contributed by atoms with Gasteiger partial charge in [-0.3, -0.25) is 4.90 Å². The zero-order valence-electron chi connectivity index (χ0n) is 24.9. The molecule has 6 nitrogen and oxygen atoms in total. The Morgan fingerprint density at radius 3 is 2.58 bits per heavy atom. The third-order valence-electron chi connectivity index (χ3n) is 11.1. The lowest BCUT2D eigenvalue weighted by molar-refractivity contribution is -0.107. The van der Waals surface area contributed by atoms with E-state index in [-0.39, 0.29) is 23.5 Å². The number of rotatable bonds is 12. The van der Waals surface area contributed by atoms with Crippen molar-refractivity contribution in [3.63, 3.8) is 0 Å². The fourth-order valence-corrected chi connectivity index (χ4v) is 8.63. The van der Waals surface area contributed by atoms with Crippen LogP contribution in [-0.2, 0) is 16.1 Å². The van der Waals surface area contributed by atoms with Crippen LogP contribution in [0.1, 0.15) is 70.8 Å². The van der Waals surface area contributed by atoms with Crippen molar-refractivity contribution in [2.45, 2.75) is 89.6 Å². The molecule has 0 spiro atoms. The van der Waals surface area contributed by atoms with Crippen molar-refractivity contribution in [3.8, 4) is 0 Å². The molecule has 0 amide bonds. The molecule has 0 bridgehead atoms. The van der Waals surface area contributed by atoms with E-state index in [4.69, 9.17) is 9.47 Å². The third kappa shape index (κ3) is 5.86. The summed E-state index contributed by atoms with van der Waals surface area (Å²) in [6.45, 7) is 7.95. The number of fused-ring (bicyclic) bond motifs is 5. The van der Waals surface area contributed by atoms with Crippen LogP contribution < -0.4 is 0 Å². The van der Waals surface area contributed by atoms with Crippen LogP contribution in [0.25, 0.3) is 0 Å². The zero-order valence-corrected chi connectivity index (χ0v) is 24.9. The minimum Gasteiger partial charge on any atom is -0.393 e. The molecule has 0 heterocycles. The fraction of sp³-hybridized carbons (Fsp3) is 0.706. The van der Waals surface area contributed by atoms with Crippen LogP contribution in [0, 0.1) is 22.7 Å². The Labute approximate surface area is 241 Å². The van der Waals surface area contributed by atoms with Crippen LogP contribution in [0.5, 0.6) is 0 Å².